The summed E-state index contributed by atoms with van der Waals surface area (Å²) in [6.45, 7) is 4.11. The fourth-order valence-electron chi connectivity index (χ4n) is 2.42. The summed E-state index contributed by atoms with van der Waals surface area (Å²) >= 11 is 0. The fourth-order valence-corrected chi connectivity index (χ4v) is 2.42. The third-order valence-corrected chi connectivity index (χ3v) is 3.40. The van der Waals surface area contributed by atoms with Gasteiger partial charge in [-0.3, -0.25) is 4.79 Å². The minimum Gasteiger partial charge on any atom is -0.481 e. The predicted octanol–water partition coefficient (Wildman–Crippen LogP) is 4.57. The molecule has 0 spiro atoms. The molecule has 2 aromatic rings. The SMILES string of the molecule is CC(C)CC(C(=O)O)c1cccc(-c2ccccc2)c1. The first-order chi connectivity index (χ1) is 9.58. The molecular formula is C18H20O2. The van der Waals surface area contributed by atoms with Crippen molar-refractivity contribution in [1.82, 2.24) is 0 Å². The summed E-state index contributed by atoms with van der Waals surface area (Å²) in [5.41, 5.74) is 3.06. The summed E-state index contributed by atoms with van der Waals surface area (Å²) in [5.74, 6) is -0.820. The van der Waals surface area contributed by atoms with Gasteiger partial charge in [-0.15, -0.1) is 0 Å². The van der Waals surface area contributed by atoms with Crippen LogP contribution in [0.5, 0.6) is 0 Å². The second-order valence-electron chi connectivity index (χ2n) is 5.51. The van der Waals surface area contributed by atoms with E-state index in [0.29, 0.717) is 12.3 Å². The summed E-state index contributed by atoms with van der Waals surface area (Å²) in [6.07, 6.45) is 0.660. The van der Waals surface area contributed by atoms with Gasteiger partial charge in [0.2, 0.25) is 0 Å². The topological polar surface area (TPSA) is 37.3 Å². The van der Waals surface area contributed by atoms with Crippen LogP contribution < -0.4 is 0 Å². The summed E-state index contributed by atoms with van der Waals surface area (Å²) in [6, 6.07) is 17.9. The van der Waals surface area contributed by atoms with E-state index >= 15 is 0 Å². The van der Waals surface area contributed by atoms with Gasteiger partial charge >= 0.3 is 5.97 Å². The number of carbonyl (C=O) groups is 1. The lowest BCUT2D eigenvalue weighted by Gasteiger charge is -2.16. The molecule has 0 aliphatic rings. The molecule has 2 rings (SSSR count). The Hall–Kier alpha value is -2.09. The van der Waals surface area contributed by atoms with Crippen molar-refractivity contribution in [2.75, 3.05) is 0 Å². The van der Waals surface area contributed by atoms with E-state index in [1.54, 1.807) is 0 Å². The van der Waals surface area contributed by atoms with Crippen molar-refractivity contribution < 1.29 is 9.90 Å². The lowest BCUT2D eigenvalue weighted by atomic mass is 9.89. The van der Waals surface area contributed by atoms with E-state index in [2.05, 4.69) is 13.8 Å². The molecule has 0 saturated carbocycles. The van der Waals surface area contributed by atoms with Crippen LogP contribution in [-0.2, 0) is 4.79 Å². The Kier molecular flexibility index (Phi) is 4.57. The van der Waals surface area contributed by atoms with E-state index in [1.807, 2.05) is 54.6 Å². The normalized spacial score (nSPS) is 12.3. The van der Waals surface area contributed by atoms with Gasteiger partial charge < -0.3 is 5.11 Å². The lowest BCUT2D eigenvalue weighted by Crippen LogP contribution is -2.14. The van der Waals surface area contributed by atoms with Crippen LogP contribution in [0.2, 0.25) is 0 Å². The molecular weight excluding hydrogens is 248 g/mol. The van der Waals surface area contributed by atoms with Gasteiger partial charge in [0.15, 0.2) is 0 Å². The maximum Gasteiger partial charge on any atom is 0.310 e. The number of rotatable bonds is 5. The van der Waals surface area contributed by atoms with Crippen LogP contribution in [0.3, 0.4) is 0 Å². The molecule has 2 aromatic carbocycles. The molecule has 1 atom stereocenters. The van der Waals surface area contributed by atoms with Crippen molar-refractivity contribution in [2.45, 2.75) is 26.2 Å². The van der Waals surface area contributed by atoms with Gasteiger partial charge in [-0.25, -0.2) is 0 Å². The molecule has 2 heteroatoms. The van der Waals surface area contributed by atoms with E-state index in [0.717, 1.165) is 16.7 Å². The summed E-state index contributed by atoms with van der Waals surface area (Å²) in [5, 5.41) is 9.44. The molecule has 0 radical (unpaired) electrons. The molecule has 0 heterocycles. The van der Waals surface area contributed by atoms with Crippen molar-refractivity contribution in [3.63, 3.8) is 0 Å². The Labute approximate surface area is 120 Å². The van der Waals surface area contributed by atoms with Crippen LogP contribution in [0, 0.1) is 5.92 Å². The first-order valence-electron chi connectivity index (χ1n) is 6.96. The van der Waals surface area contributed by atoms with E-state index in [1.165, 1.54) is 0 Å². The Morgan fingerprint density at radius 1 is 1.00 bits per heavy atom. The van der Waals surface area contributed by atoms with Gasteiger partial charge in [-0.1, -0.05) is 68.4 Å². The van der Waals surface area contributed by atoms with Crippen LogP contribution in [0.1, 0.15) is 31.7 Å². The maximum atomic E-state index is 11.5. The molecule has 1 N–H and O–H groups in total. The van der Waals surface area contributed by atoms with Crippen LogP contribution >= 0.6 is 0 Å². The fraction of sp³-hybridized carbons (Fsp3) is 0.278. The predicted molar refractivity (Wildman–Crippen MR) is 81.7 cm³/mol. The second kappa shape index (κ2) is 6.38. The smallest absolute Gasteiger partial charge is 0.310 e. The first-order valence-corrected chi connectivity index (χ1v) is 6.96. The summed E-state index contributed by atoms with van der Waals surface area (Å²) in [4.78, 5) is 11.5. The summed E-state index contributed by atoms with van der Waals surface area (Å²) in [7, 11) is 0. The molecule has 104 valence electrons. The minimum atomic E-state index is -0.746. The van der Waals surface area contributed by atoms with E-state index in [9.17, 15) is 9.90 Å². The molecule has 2 nitrogen and oxygen atoms in total. The van der Waals surface area contributed by atoms with Gasteiger partial charge in [-0.05, 0) is 29.0 Å². The van der Waals surface area contributed by atoms with E-state index in [4.69, 9.17) is 0 Å². The first kappa shape index (κ1) is 14.3. The number of hydrogen-bond acceptors (Lipinski definition) is 1. The van der Waals surface area contributed by atoms with Crippen molar-refractivity contribution >= 4 is 5.97 Å². The van der Waals surface area contributed by atoms with Gasteiger partial charge in [0.25, 0.3) is 0 Å². The lowest BCUT2D eigenvalue weighted by molar-refractivity contribution is -0.139. The van der Waals surface area contributed by atoms with Crippen LogP contribution in [0.4, 0.5) is 0 Å². The van der Waals surface area contributed by atoms with Crippen molar-refractivity contribution in [3.05, 3.63) is 60.2 Å². The molecule has 0 aliphatic heterocycles. The van der Waals surface area contributed by atoms with Crippen LogP contribution in [-0.4, -0.2) is 11.1 Å². The Morgan fingerprint density at radius 2 is 1.65 bits per heavy atom. The number of hydrogen-bond donors (Lipinski definition) is 1. The highest BCUT2D eigenvalue weighted by atomic mass is 16.4. The number of carboxylic acids is 1. The maximum absolute atomic E-state index is 11.5. The number of aliphatic carboxylic acids is 1. The largest absolute Gasteiger partial charge is 0.481 e. The zero-order chi connectivity index (χ0) is 14.5. The third kappa shape index (κ3) is 3.47. The van der Waals surface area contributed by atoms with E-state index in [-0.39, 0.29) is 0 Å². The monoisotopic (exact) mass is 268 g/mol. The quantitative estimate of drug-likeness (QED) is 0.862. The van der Waals surface area contributed by atoms with E-state index < -0.39 is 11.9 Å². The molecule has 0 bridgehead atoms. The zero-order valence-corrected chi connectivity index (χ0v) is 11.9. The highest BCUT2D eigenvalue weighted by molar-refractivity contribution is 5.77. The van der Waals surface area contributed by atoms with Gasteiger partial charge in [0.05, 0.1) is 5.92 Å². The average molecular weight is 268 g/mol. The van der Waals surface area contributed by atoms with Gasteiger partial charge in [0, 0.05) is 0 Å². The molecule has 0 aromatic heterocycles. The molecule has 0 fully saturated rings. The molecule has 0 aliphatic carbocycles. The molecule has 0 saturated heterocycles. The average Bonchev–Trinajstić information content (AvgIpc) is 2.45. The van der Waals surface area contributed by atoms with Gasteiger partial charge in [0.1, 0.15) is 0 Å². The highest BCUT2D eigenvalue weighted by Crippen LogP contribution is 2.28. The van der Waals surface area contributed by atoms with Crippen molar-refractivity contribution in [2.24, 2.45) is 5.92 Å². The minimum absolute atomic E-state index is 0.358. The molecule has 1 unspecified atom stereocenters. The Morgan fingerprint density at radius 3 is 2.25 bits per heavy atom. The van der Waals surface area contributed by atoms with Crippen molar-refractivity contribution in [1.29, 1.82) is 0 Å². The number of carboxylic acid groups (broad SMARTS) is 1. The Balaban J connectivity index is 2.35. The van der Waals surface area contributed by atoms with Gasteiger partial charge in [-0.2, -0.15) is 0 Å². The van der Waals surface area contributed by atoms with Crippen LogP contribution in [0.25, 0.3) is 11.1 Å². The second-order valence-corrected chi connectivity index (χ2v) is 5.51. The standard InChI is InChI=1S/C18H20O2/c1-13(2)11-17(18(19)20)16-10-6-9-15(12-16)14-7-4-3-5-8-14/h3-10,12-13,17H,11H2,1-2H3,(H,19,20). The van der Waals surface area contributed by atoms with Crippen LogP contribution in [0.15, 0.2) is 54.6 Å². The third-order valence-electron chi connectivity index (χ3n) is 3.40. The zero-order valence-electron chi connectivity index (χ0n) is 11.9. The highest BCUT2D eigenvalue weighted by Gasteiger charge is 2.21. The van der Waals surface area contributed by atoms with Crippen molar-refractivity contribution in [3.8, 4) is 11.1 Å². The molecule has 20 heavy (non-hydrogen) atoms. The number of benzene rings is 2. The summed E-state index contributed by atoms with van der Waals surface area (Å²) < 4.78 is 0. The Bertz CT molecular complexity index is 573. The molecule has 0 amide bonds.